The number of nitrogens with one attached hydrogen (secondary N) is 1. The number of carbonyl (C=O) groups is 2. The third-order valence-electron chi connectivity index (χ3n) is 8.41. The van der Waals surface area contributed by atoms with Crippen LogP contribution in [-0.2, 0) is 21.5 Å². The van der Waals surface area contributed by atoms with E-state index in [1.54, 1.807) is 10.6 Å². The van der Waals surface area contributed by atoms with E-state index in [0.29, 0.717) is 17.0 Å². The Bertz CT molecular complexity index is 1580. The van der Waals surface area contributed by atoms with E-state index in [1.165, 1.54) is 11.0 Å². The van der Waals surface area contributed by atoms with Crippen molar-refractivity contribution in [2.24, 2.45) is 0 Å². The molecule has 2 aliphatic rings. The van der Waals surface area contributed by atoms with Crippen molar-refractivity contribution in [1.29, 1.82) is 0 Å². The number of benzene rings is 3. The van der Waals surface area contributed by atoms with Crippen LogP contribution in [0, 0.1) is 12.7 Å². The number of imidazole rings is 1. The number of halogens is 2. The number of hydrogen-bond acceptors (Lipinski definition) is 3. The summed E-state index contributed by atoms with van der Waals surface area (Å²) in [6.45, 7) is 3.67. The van der Waals surface area contributed by atoms with E-state index in [-0.39, 0.29) is 36.6 Å². The molecular weight excluding hydrogens is 510 g/mol. The average Bonchev–Trinajstić information content (AvgIpc) is 3.44. The Balaban J connectivity index is 1.26. The van der Waals surface area contributed by atoms with Gasteiger partial charge in [-0.2, -0.15) is 0 Å². The number of amides is 2. The molecule has 1 aromatic heterocycles. The van der Waals surface area contributed by atoms with Crippen LogP contribution in [0.2, 0.25) is 0 Å². The van der Waals surface area contributed by atoms with Gasteiger partial charge in [-0.25, -0.2) is 13.8 Å². The number of hydrogen-bond donors (Lipinski definition) is 1. The smallest absolute Gasteiger partial charge is 0.243 e. The Morgan fingerprint density at radius 1 is 1.05 bits per heavy atom. The van der Waals surface area contributed by atoms with Gasteiger partial charge in [0.25, 0.3) is 0 Å². The molecule has 3 aromatic carbocycles. The van der Waals surface area contributed by atoms with E-state index >= 15 is 4.39 Å². The van der Waals surface area contributed by atoms with E-state index in [1.807, 2.05) is 67.6 Å². The fourth-order valence-corrected chi connectivity index (χ4v) is 5.83. The summed E-state index contributed by atoms with van der Waals surface area (Å²) in [5.41, 5.74) is 3.50. The fraction of sp³-hybridized carbons (Fsp3) is 0.344. The van der Waals surface area contributed by atoms with Gasteiger partial charge in [-0.1, -0.05) is 61.5 Å². The molecule has 1 aliphatic carbocycles. The van der Waals surface area contributed by atoms with Gasteiger partial charge in [0.15, 0.2) is 0 Å². The highest BCUT2D eigenvalue weighted by Crippen LogP contribution is 2.48. The number of alkyl halides is 1. The molecule has 2 amide bonds. The van der Waals surface area contributed by atoms with E-state index < -0.39 is 24.2 Å². The normalized spacial score (nSPS) is 20.4. The first-order valence-electron chi connectivity index (χ1n) is 13.7. The zero-order chi connectivity index (χ0) is 28.0. The molecule has 3 unspecified atom stereocenters. The summed E-state index contributed by atoms with van der Waals surface area (Å²) in [4.78, 5) is 33.0. The summed E-state index contributed by atoms with van der Waals surface area (Å²) in [6, 6.07) is 20.3. The first-order chi connectivity index (χ1) is 19.2. The number of rotatable bonds is 7. The predicted molar refractivity (Wildman–Crippen MR) is 149 cm³/mol. The van der Waals surface area contributed by atoms with Crippen molar-refractivity contribution in [2.75, 3.05) is 6.54 Å². The van der Waals surface area contributed by atoms with Gasteiger partial charge < -0.3 is 14.8 Å². The number of aryl methyl sites for hydroxylation is 1. The first kappa shape index (κ1) is 26.2. The maximum Gasteiger partial charge on any atom is 0.243 e. The molecule has 6 nitrogen and oxygen atoms in total. The van der Waals surface area contributed by atoms with Crippen molar-refractivity contribution in [3.63, 3.8) is 0 Å². The molecule has 8 heteroatoms. The quantitative estimate of drug-likeness (QED) is 0.341. The van der Waals surface area contributed by atoms with E-state index in [9.17, 15) is 14.0 Å². The Kier molecular flexibility index (Phi) is 6.64. The molecular formula is C32H32F2N4O2. The Morgan fingerprint density at radius 3 is 2.50 bits per heavy atom. The number of fused-ring (bicyclic) bond motifs is 1. The predicted octanol–water partition coefficient (Wildman–Crippen LogP) is 5.38. The molecule has 206 valence electrons. The summed E-state index contributed by atoms with van der Waals surface area (Å²) in [7, 11) is 0. The standard InChI is InChI=1S/C32H32F2N4O2/c1-20-35-26-10-6-7-11-27(26)37(20)19-29(39)38-18-23(33)17-28(38)31(40)36-30(21-8-4-3-5-9-21)22-12-13-24(25(34)16-22)32(2)14-15-32/h3-13,16,23,28,30H,14-15,17-19H2,1-2H3,(H,36,40). The molecule has 0 bridgehead atoms. The zero-order valence-electron chi connectivity index (χ0n) is 22.6. The molecule has 6 rings (SSSR count). The van der Waals surface area contributed by atoms with Gasteiger partial charge in [0.1, 0.15) is 30.4 Å². The summed E-state index contributed by atoms with van der Waals surface area (Å²) in [6.07, 6.45) is 0.499. The van der Waals surface area contributed by atoms with Gasteiger partial charge in [-0.05, 0) is 60.1 Å². The maximum atomic E-state index is 15.2. The monoisotopic (exact) mass is 542 g/mol. The number of carbonyl (C=O) groups excluding carboxylic acids is 2. The highest BCUT2D eigenvalue weighted by Gasteiger charge is 2.42. The van der Waals surface area contributed by atoms with Crippen LogP contribution in [0.4, 0.5) is 8.78 Å². The molecule has 2 heterocycles. The lowest BCUT2D eigenvalue weighted by molar-refractivity contribution is -0.139. The van der Waals surface area contributed by atoms with Crippen molar-refractivity contribution in [3.8, 4) is 0 Å². The van der Waals surface area contributed by atoms with Crippen LogP contribution in [0.1, 0.15) is 54.7 Å². The third-order valence-corrected chi connectivity index (χ3v) is 8.41. The average molecular weight is 543 g/mol. The SMILES string of the molecule is Cc1nc2ccccc2n1CC(=O)N1CC(F)CC1C(=O)NC(c1ccccc1)c1ccc(C2(C)CC2)c(F)c1. The van der Waals surface area contributed by atoms with E-state index in [2.05, 4.69) is 17.2 Å². The lowest BCUT2D eigenvalue weighted by atomic mass is 9.92. The van der Waals surface area contributed by atoms with Crippen molar-refractivity contribution in [2.45, 2.75) is 63.3 Å². The summed E-state index contributed by atoms with van der Waals surface area (Å²) in [5.74, 6) is -0.442. The minimum absolute atomic E-state index is 0.0452. The molecule has 0 spiro atoms. The van der Waals surface area contributed by atoms with Crippen LogP contribution >= 0.6 is 0 Å². The molecule has 40 heavy (non-hydrogen) atoms. The van der Waals surface area contributed by atoms with Gasteiger partial charge >= 0.3 is 0 Å². The lowest BCUT2D eigenvalue weighted by Gasteiger charge is -2.27. The van der Waals surface area contributed by atoms with E-state index in [4.69, 9.17) is 0 Å². The van der Waals surface area contributed by atoms with Crippen LogP contribution in [0.3, 0.4) is 0 Å². The number of likely N-dealkylation sites (tertiary alicyclic amines) is 1. The Hall–Kier alpha value is -4.07. The topological polar surface area (TPSA) is 67.2 Å². The van der Waals surface area contributed by atoms with Crippen molar-refractivity contribution < 1.29 is 18.4 Å². The second kappa shape index (κ2) is 10.2. The highest BCUT2D eigenvalue weighted by atomic mass is 19.1. The summed E-state index contributed by atoms with van der Waals surface area (Å²) >= 11 is 0. The van der Waals surface area contributed by atoms with Crippen LogP contribution in [-0.4, -0.2) is 45.0 Å². The van der Waals surface area contributed by atoms with Gasteiger partial charge in [0, 0.05) is 6.42 Å². The molecule has 1 aliphatic heterocycles. The van der Waals surface area contributed by atoms with Gasteiger partial charge in [0.05, 0.1) is 23.6 Å². The molecule has 3 atom stereocenters. The largest absolute Gasteiger partial charge is 0.343 e. The Morgan fingerprint density at radius 2 is 1.77 bits per heavy atom. The summed E-state index contributed by atoms with van der Waals surface area (Å²) in [5, 5.41) is 3.01. The number of para-hydroxylation sites is 2. The minimum Gasteiger partial charge on any atom is -0.343 e. The third kappa shape index (κ3) is 4.87. The van der Waals surface area contributed by atoms with Gasteiger partial charge in [-0.3, -0.25) is 9.59 Å². The summed E-state index contributed by atoms with van der Waals surface area (Å²) < 4.78 is 31.7. The van der Waals surface area contributed by atoms with Crippen molar-refractivity contribution >= 4 is 22.8 Å². The Labute approximate surface area is 232 Å². The molecule has 2 fully saturated rings. The maximum absolute atomic E-state index is 15.2. The van der Waals surface area contributed by atoms with Crippen molar-refractivity contribution in [3.05, 3.63) is 101 Å². The highest BCUT2D eigenvalue weighted by molar-refractivity contribution is 5.89. The lowest BCUT2D eigenvalue weighted by Crippen LogP contribution is -2.48. The molecule has 1 N–H and O–H groups in total. The van der Waals surface area contributed by atoms with Crippen molar-refractivity contribution in [1.82, 2.24) is 19.8 Å². The van der Waals surface area contributed by atoms with Crippen LogP contribution in [0.15, 0.2) is 72.8 Å². The van der Waals surface area contributed by atoms with Crippen LogP contribution < -0.4 is 5.32 Å². The van der Waals surface area contributed by atoms with Gasteiger partial charge in [-0.15, -0.1) is 0 Å². The number of nitrogens with zero attached hydrogens (tertiary/aromatic N) is 3. The molecule has 4 aromatic rings. The minimum atomic E-state index is -1.31. The fourth-order valence-electron chi connectivity index (χ4n) is 5.83. The molecule has 0 radical (unpaired) electrons. The van der Waals surface area contributed by atoms with E-state index in [0.717, 1.165) is 29.4 Å². The molecule has 1 saturated carbocycles. The second-order valence-electron chi connectivity index (χ2n) is 11.3. The number of aromatic nitrogens is 2. The van der Waals surface area contributed by atoms with Crippen LogP contribution in [0.25, 0.3) is 11.0 Å². The second-order valence-corrected chi connectivity index (χ2v) is 11.3. The molecule has 1 saturated heterocycles. The zero-order valence-corrected chi connectivity index (χ0v) is 22.6. The van der Waals surface area contributed by atoms with Crippen LogP contribution in [0.5, 0.6) is 0 Å². The van der Waals surface area contributed by atoms with Gasteiger partial charge in [0.2, 0.25) is 11.8 Å². The first-order valence-corrected chi connectivity index (χ1v) is 13.7.